The molecule has 116 valence electrons. The number of nitrogens with zero attached hydrogens (tertiary/aromatic N) is 1. The molecule has 1 rings (SSSR count). The van der Waals surface area contributed by atoms with Crippen LogP contribution in [0.1, 0.15) is 33.6 Å². The summed E-state index contributed by atoms with van der Waals surface area (Å²) in [7, 11) is 0. The van der Waals surface area contributed by atoms with E-state index < -0.39 is 36.4 Å². The van der Waals surface area contributed by atoms with Crippen molar-refractivity contribution >= 4 is 12.0 Å². The van der Waals surface area contributed by atoms with Crippen LogP contribution in [-0.4, -0.2) is 47.8 Å². The molecule has 5 nitrogen and oxygen atoms in total. The summed E-state index contributed by atoms with van der Waals surface area (Å²) < 4.78 is 41.3. The smallest absolute Gasteiger partial charge is 0.410 e. The maximum Gasteiger partial charge on any atom is 0.410 e. The van der Waals surface area contributed by atoms with Crippen molar-refractivity contribution in [1.82, 2.24) is 10.2 Å². The van der Waals surface area contributed by atoms with Crippen LogP contribution in [-0.2, 0) is 9.53 Å². The Labute approximate surface area is 115 Å². The summed E-state index contributed by atoms with van der Waals surface area (Å²) in [6.45, 7) is 3.95. The molecule has 0 aromatic carbocycles. The van der Waals surface area contributed by atoms with Crippen LogP contribution in [0.25, 0.3) is 0 Å². The third-order valence-electron chi connectivity index (χ3n) is 2.65. The summed E-state index contributed by atoms with van der Waals surface area (Å²) in [6.07, 6.45) is -4.25. The highest BCUT2D eigenvalue weighted by Gasteiger charge is 2.38. The predicted octanol–water partition coefficient (Wildman–Crippen LogP) is 2.06. The zero-order valence-corrected chi connectivity index (χ0v) is 11.7. The van der Waals surface area contributed by atoms with Crippen molar-refractivity contribution < 1.29 is 27.5 Å². The van der Waals surface area contributed by atoms with Crippen LogP contribution in [0.3, 0.4) is 0 Å². The molecule has 1 N–H and O–H groups in total. The standard InChI is InChI=1S/C12H19F3N2O3/c1-11(2,3)20-10(19)17-6-4-5-8(17)9(18)16-7-12(13,14)15/h8H,4-7H2,1-3H3,(H,16,18). The number of carbonyl (C=O) groups is 2. The summed E-state index contributed by atoms with van der Waals surface area (Å²) in [5.74, 6) is -0.800. The fourth-order valence-electron chi connectivity index (χ4n) is 1.88. The molecular weight excluding hydrogens is 277 g/mol. The van der Waals surface area contributed by atoms with Crippen LogP contribution in [0.5, 0.6) is 0 Å². The van der Waals surface area contributed by atoms with Gasteiger partial charge < -0.3 is 10.1 Å². The second-order valence-electron chi connectivity index (χ2n) is 5.66. The molecule has 1 heterocycles. The van der Waals surface area contributed by atoms with Gasteiger partial charge in [-0.1, -0.05) is 0 Å². The van der Waals surface area contributed by atoms with Crippen LogP contribution in [0.4, 0.5) is 18.0 Å². The Balaban J connectivity index is 2.60. The normalized spacial score (nSPS) is 19.9. The number of rotatable bonds is 2. The second kappa shape index (κ2) is 5.88. The van der Waals surface area contributed by atoms with Gasteiger partial charge in [-0.25, -0.2) is 4.79 Å². The van der Waals surface area contributed by atoms with E-state index in [9.17, 15) is 22.8 Å². The van der Waals surface area contributed by atoms with Gasteiger partial charge in [0.2, 0.25) is 5.91 Å². The minimum absolute atomic E-state index is 0.305. The highest BCUT2D eigenvalue weighted by Crippen LogP contribution is 2.21. The topological polar surface area (TPSA) is 58.6 Å². The zero-order chi connectivity index (χ0) is 15.6. The van der Waals surface area contributed by atoms with E-state index in [0.717, 1.165) is 0 Å². The first-order chi connectivity index (χ1) is 8.99. The van der Waals surface area contributed by atoms with Gasteiger partial charge in [0.05, 0.1) is 0 Å². The molecule has 1 unspecified atom stereocenters. The van der Waals surface area contributed by atoms with Crippen molar-refractivity contribution in [3.05, 3.63) is 0 Å². The van der Waals surface area contributed by atoms with Gasteiger partial charge in [-0.15, -0.1) is 0 Å². The van der Waals surface area contributed by atoms with Crippen molar-refractivity contribution in [3.63, 3.8) is 0 Å². The molecule has 0 radical (unpaired) electrons. The lowest BCUT2D eigenvalue weighted by Crippen LogP contribution is -2.49. The number of amides is 2. The second-order valence-corrected chi connectivity index (χ2v) is 5.66. The molecule has 1 fully saturated rings. The highest BCUT2D eigenvalue weighted by atomic mass is 19.4. The fourth-order valence-corrected chi connectivity index (χ4v) is 1.88. The van der Waals surface area contributed by atoms with Crippen LogP contribution in [0.2, 0.25) is 0 Å². The number of hydrogen-bond acceptors (Lipinski definition) is 3. The first-order valence-electron chi connectivity index (χ1n) is 6.34. The van der Waals surface area contributed by atoms with E-state index >= 15 is 0 Å². The molecule has 1 saturated heterocycles. The SMILES string of the molecule is CC(C)(C)OC(=O)N1CCCC1C(=O)NCC(F)(F)F. The Bertz CT molecular complexity index is 377. The van der Waals surface area contributed by atoms with E-state index in [1.54, 1.807) is 26.1 Å². The maximum atomic E-state index is 12.1. The Morgan fingerprint density at radius 2 is 1.90 bits per heavy atom. The van der Waals surface area contributed by atoms with Gasteiger partial charge in [-0.2, -0.15) is 13.2 Å². The minimum Gasteiger partial charge on any atom is -0.444 e. The van der Waals surface area contributed by atoms with Gasteiger partial charge in [-0.3, -0.25) is 9.69 Å². The van der Waals surface area contributed by atoms with Crippen molar-refractivity contribution in [2.75, 3.05) is 13.1 Å². The zero-order valence-electron chi connectivity index (χ0n) is 11.7. The van der Waals surface area contributed by atoms with E-state index in [-0.39, 0.29) is 0 Å². The van der Waals surface area contributed by atoms with Crippen molar-refractivity contribution in [2.24, 2.45) is 0 Å². The van der Waals surface area contributed by atoms with Gasteiger partial charge in [0.15, 0.2) is 0 Å². The van der Waals surface area contributed by atoms with Crippen molar-refractivity contribution in [2.45, 2.75) is 51.4 Å². The van der Waals surface area contributed by atoms with E-state index in [0.29, 0.717) is 19.4 Å². The molecule has 0 aromatic rings. The van der Waals surface area contributed by atoms with Gasteiger partial charge in [0, 0.05) is 6.54 Å². The quantitative estimate of drug-likeness (QED) is 0.848. The Hall–Kier alpha value is -1.47. The Kier molecular flexibility index (Phi) is 4.88. The molecule has 1 aliphatic heterocycles. The first-order valence-corrected chi connectivity index (χ1v) is 6.34. The van der Waals surface area contributed by atoms with Gasteiger partial charge >= 0.3 is 12.3 Å². The molecule has 0 bridgehead atoms. The molecule has 0 saturated carbocycles. The van der Waals surface area contributed by atoms with Crippen LogP contribution >= 0.6 is 0 Å². The van der Waals surface area contributed by atoms with Gasteiger partial charge in [0.25, 0.3) is 0 Å². The highest BCUT2D eigenvalue weighted by molar-refractivity contribution is 5.86. The van der Waals surface area contributed by atoms with E-state index in [1.165, 1.54) is 4.90 Å². The summed E-state index contributed by atoms with van der Waals surface area (Å²) in [5.41, 5.74) is -0.716. The molecule has 1 atom stereocenters. The number of hydrogen-bond donors (Lipinski definition) is 1. The molecule has 1 aliphatic rings. The molecule has 8 heteroatoms. The minimum atomic E-state index is -4.47. The first kappa shape index (κ1) is 16.6. The lowest BCUT2D eigenvalue weighted by atomic mass is 10.2. The number of alkyl halides is 3. The van der Waals surface area contributed by atoms with E-state index in [2.05, 4.69) is 0 Å². The Morgan fingerprint density at radius 1 is 1.30 bits per heavy atom. The lowest BCUT2D eigenvalue weighted by molar-refractivity contribution is -0.140. The molecule has 0 spiro atoms. The third kappa shape index (κ3) is 5.26. The van der Waals surface area contributed by atoms with Gasteiger partial charge in [-0.05, 0) is 33.6 Å². The third-order valence-corrected chi connectivity index (χ3v) is 2.65. The average molecular weight is 296 g/mol. The summed E-state index contributed by atoms with van der Waals surface area (Å²) in [4.78, 5) is 24.8. The largest absolute Gasteiger partial charge is 0.444 e. The number of halogens is 3. The molecule has 0 aromatic heterocycles. The van der Waals surface area contributed by atoms with Crippen molar-refractivity contribution in [3.8, 4) is 0 Å². The average Bonchev–Trinajstić information content (AvgIpc) is 2.71. The van der Waals surface area contributed by atoms with Crippen molar-refractivity contribution in [1.29, 1.82) is 0 Å². The summed E-state index contributed by atoms with van der Waals surface area (Å²) >= 11 is 0. The monoisotopic (exact) mass is 296 g/mol. The molecule has 0 aliphatic carbocycles. The van der Waals surface area contributed by atoms with Crippen LogP contribution < -0.4 is 5.32 Å². The fraction of sp³-hybridized carbons (Fsp3) is 0.833. The van der Waals surface area contributed by atoms with Gasteiger partial charge in [0.1, 0.15) is 18.2 Å². The maximum absolute atomic E-state index is 12.1. The molecule has 20 heavy (non-hydrogen) atoms. The Morgan fingerprint density at radius 3 is 2.40 bits per heavy atom. The van der Waals surface area contributed by atoms with Crippen LogP contribution in [0, 0.1) is 0 Å². The summed E-state index contributed by atoms with van der Waals surface area (Å²) in [6, 6.07) is -0.896. The molecule has 2 amide bonds. The lowest BCUT2D eigenvalue weighted by Gasteiger charge is -2.28. The number of carbonyl (C=O) groups excluding carboxylic acids is 2. The van der Waals surface area contributed by atoms with E-state index in [4.69, 9.17) is 4.74 Å². The molecular formula is C12H19F3N2O3. The number of likely N-dealkylation sites (tertiary alicyclic amines) is 1. The van der Waals surface area contributed by atoms with Crippen LogP contribution in [0.15, 0.2) is 0 Å². The van der Waals surface area contributed by atoms with E-state index in [1.807, 2.05) is 0 Å². The summed E-state index contributed by atoms with van der Waals surface area (Å²) in [5, 5.41) is 1.80. The number of ether oxygens (including phenoxy) is 1. The predicted molar refractivity (Wildman–Crippen MR) is 65.0 cm³/mol. The number of nitrogens with one attached hydrogen (secondary N) is 1.